The molecule has 534 valence electrons. The van der Waals surface area contributed by atoms with Crippen molar-refractivity contribution in [3.8, 4) is 17.6 Å². The number of aliphatic hydroxyl groups is 1. The van der Waals surface area contributed by atoms with Gasteiger partial charge in [-0.25, -0.2) is 4.79 Å². The molecule has 0 aliphatic heterocycles. The zero-order valence-corrected chi connectivity index (χ0v) is 52.5. The second kappa shape index (κ2) is 41.1. The van der Waals surface area contributed by atoms with Gasteiger partial charge in [-0.3, -0.25) is 19.2 Å². The zero-order chi connectivity index (χ0) is 69.9. The first kappa shape index (κ1) is 82.2. The largest absolute Gasteiger partial charge is 0.493 e. The molecule has 2 aromatic rings. The molecule has 0 saturated heterocycles. The summed E-state index contributed by atoms with van der Waals surface area (Å²) in [7, 11) is 0. The minimum absolute atomic E-state index is 0.0242. The lowest BCUT2D eigenvalue weighted by molar-refractivity contribution is -0.440. The summed E-state index contributed by atoms with van der Waals surface area (Å²) in [5.41, 5.74) is -1.04. The van der Waals surface area contributed by atoms with E-state index in [4.69, 9.17) is 62.5 Å². The average molecular weight is 1370 g/mol. The number of nitriles is 1. The topological polar surface area (TPSA) is 231 Å². The highest BCUT2D eigenvalue weighted by Gasteiger charge is 2.90. The van der Waals surface area contributed by atoms with Crippen LogP contribution in [0.2, 0.25) is 0 Å². The number of alkyl halides is 13. The first-order valence-electron chi connectivity index (χ1n) is 31.0. The Morgan fingerprint density at radius 2 is 0.947 bits per heavy atom. The average Bonchev–Trinajstić information content (AvgIpc) is 1.22. The Kier molecular flexibility index (Phi) is 35.9. The van der Waals surface area contributed by atoms with E-state index in [9.17, 15) is 81.0 Å². The van der Waals surface area contributed by atoms with Crippen LogP contribution in [0.5, 0.6) is 11.5 Å². The summed E-state index contributed by atoms with van der Waals surface area (Å²) in [6.07, 6.45) is -6.15. The minimum Gasteiger partial charge on any atom is -0.493 e. The number of unbranched alkanes of at least 4 members (excludes halogenated alkanes) is 3. The summed E-state index contributed by atoms with van der Waals surface area (Å²) in [4.78, 5) is 67.5. The van der Waals surface area contributed by atoms with Gasteiger partial charge in [0, 0.05) is 85.5 Å². The monoisotopic (exact) mass is 1370 g/mol. The van der Waals surface area contributed by atoms with Crippen molar-refractivity contribution in [1.82, 2.24) is 0 Å². The first-order chi connectivity index (χ1) is 44.4. The smallest absolute Gasteiger partial charge is 0.460 e. The predicted molar refractivity (Wildman–Crippen MR) is 307 cm³/mol. The van der Waals surface area contributed by atoms with Crippen LogP contribution in [-0.2, 0) is 61.8 Å². The van der Waals surface area contributed by atoms with Gasteiger partial charge in [-0.05, 0) is 119 Å². The highest BCUT2D eigenvalue weighted by atomic mass is 19.4. The molecule has 0 spiro atoms. The van der Waals surface area contributed by atoms with E-state index in [2.05, 4.69) is 0 Å². The normalized spacial score (nSPS) is 14.5. The van der Waals surface area contributed by atoms with Crippen LogP contribution in [0.4, 0.5) is 57.1 Å². The summed E-state index contributed by atoms with van der Waals surface area (Å²) in [5, 5.41) is 17.7. The maximum Gasteiger partial charge on any atom is 0.460 e. The molecule has 3 rings (SSSR count). The van der Waals surface area contributed by atoms with E-state index in [0.29, 0.717) is 97.1 Å². The van der Waals surface area contributed by atoms with Crippen LogP contribution in [-0.4, -0.2) is 176 Å². The first-order valence-corrected chi connectivity index (χ1v) is 31.0. The Morgan fingerprint density at radius 3 is 1.44 bits per heavy atom. The fraction of sp³-hybridized carbons (Fsp3) is 0.714. The van der Waals surface area contributed by atoms with Gasteiger partial charge in [-0.2, -0.15) is 62.3 Å². The van der Waals surface area contributed by atoms with E-state index in [1.807, 2.05) is 13.0 Å². The van der Waals surface area contributed by atoms with E-state index in [1.165, 1.54) is 55.5 Å². The number of nitrogens with zero attached hydrogens (tertiary/aromatic N) is 1. The molecule has 94 heavy (non-hydrogen) atoms. The lowest BCUT2D eigenvalue weighted by Crippen LogP contribution is -2.70. The van der Waals surface area contributed by atoms with Crippen molar-refractivity contribution < 1.29 is 138 Å². The Bertz CT molecular complexity index is 2590. The molecule has 3 atom stereocenters. The Balaban J connectivity index is 1.68. The molecule has 0 heterocycles. The maximum absolute atomic E-state index is 14.9. The van der Waals surface area contributed by atoms with Crippen molar-refractivity contribution in [2.75, 3.05) is 106 Å². The van der Waals surface area contributed by atoms with Crippen molar-refractivity contribution in [1.29, 1.82) is 5.26 Å². The van der Waals surface area contributed by atoms with Gasteiger partial charge in [-0.1, -0.05) is 33.1 Å². The van der Waals surface area contributed by atoms with Crippen molar-refractivity contribution in [2.24, 2.45) is 23.2 Å². The van der Waals surface area contributed by atoms with Gasteiger partial charge in [0.2, 0.25) is 0 Å². The van der Waals surface area contributed by atoms with Crippen LogP contribution in [0, 0.1) is 34.5 Å². The summed E-state index contributed by atoms with van der Waals surface area (Å²) in [6.45, 7) is 5.00. The highest BCUT2D eigenvalue weighted by molar-refractivity contribution is 5.91. The lowest BCUT2D eigenvalue weighted by atomic mass is 9.82. The van der Waals surface area contributed by atoms with Gasteiger partial charge < -0.3 is 57.2 Å². The number of hydrogen-bond acceptors (Lipinski definition) is 18. The van der Waals surface area contributed by atoms with Gasteiger partial charge in [-0.15, -0.1) is 0 Å². The molecular weight excluding hydrogens is 1290 g/mol. The van der Waals surface area contributed by atoms with Gasteiger partial charge in [0.1, 0.15) is 11.5 Å². The minimum atomic E-state index is -8.16. The van der Waals surface area contributed by atoms with Crippen LogP contribution in [0.1, 0.15) is 139 Å². The van der Waals surface area contributed by atoms with Crippen LogP contribution in [0.15, 0.2) is 48.5 Å². The fourth-order valence-corrected chi connectivity index (χ4v) is 8.93. The van der Waals surface area contributed by atoms with Gasteiger partial charge in [0.25, 0.3) is 0 Å². The molecular formula is C63H84F13NO17. The molecule has 1 N–H and O–H groups in total. The van der Waals surface area contributed by atoms with Gasteiger partial charge in [0.15, 0.2) is 0 Å². The molecule has 1 fully saturated rings. The summed E-state index contributed by atoms with van der Waals surface area (Å²) >= 11 is 0. The second-order valence-corrected chi connectivity index (χ2v) is 22.4. The van der Waals surface area contributed by atoms with Crippen LogP contribution in [0.3, 0.4) is 0 Å². The van der Waals surface area contributed by atoms with E-state index in [-0.39, 0.29) is 75.8 Å². The number of carbonyl (C=O) groups is 5. The molecule has 18 nitrogen and oxygen atoms in total. The summed E-state index contributed by atoms with van der Waals surface area (Å²) in [5.74, 6) is -47.8. The van der Waals surface area contributed by atoms with Crippen molar-refractivity contribution in [2.45, 2.75) is 159 Å². The summed E-state index contributed by atoms with van der Waals surface area (Å²) in [6, 6.07) is 13.4. The number of carbonyl (C=O) groups excluding carboxylic acids is 5. The fourth-order valence-electron chi connectivity index (χ4n) is 8.93. The molecule has 2 aromatic carbocycles. The highest BCUT2D eigenvalue weighted by Crippen LogP contribution is 2.61. The Hall–Kier alpha value is -6.07. The number of halogens is 13. The zero-order valence-electron chi connectivity index (χ0n) is 52.5. The molecule has 0 amide bonds. The number of ether oxygens (including phenoxy) is 11. The van der Waals surface area contributed by atoms with Crippen molar-refractivity contribution in [3.05, 3.63) is 59.7 Å². The lowest BCUT2D eigenvalue weighted by Gasteiger charge is -2.39. The van der Waals surface area contributed by atoms with Gasteiger partial charge >= 0.3 is 65.6 Å². The van der Waals surface area contributed by atoms with Crippen molar-refractivity contribution in [3.63, 3.8) is 0 Å². The van der Waals surface area contributed by atoms with E-state index < -0.39 is 128 Å². The second-order valence-electron chi connectivity index (χ2n) is 22.4. The Labute approximate surface area is 536 Å². The van der Waals surface area contributed by atoms with Crippen LogP contribution in [0.25, 0.3) is 0 Å². The van der Waals surface area contributed by atoms with Crippen LogP contribution < -0.4 is 9.47 Å². The van der Waals surface area contributed by atoms with Gasteiger partial charge in [0.05, 0.1) is 79.8 Å². The third-order valence-corrected chi connectivity index (χ3v) is 14.6. The number of benzene rings is 2. The Morgan fingerprint density at radius 1 is 0.500 bits per heavy atom. The molecule has 31 heteroatoms. The third kappa shape index (κ3) is 26.9. The van der Waals surface area contributed by atoms with E-state index in [0.717, 1.165) is 25.7 Å². The third-order valence-electron chi connectivity index (χ3n) is 14.6. The maximum atomic E-state index is 14.9. The summed E-state index contributed by atoms with van der Waals surface area (Å²) < 4.78 is 241. The molecule has 0 radical (unpaired) electrons. The predicted octanol–water partition coefficient (Wildman–Crippen LogP) is 12.7. The number of aliphatic hydroxyl groups excluding tert-OH is 1. The molecule has 1 aliphatic carbocycles. The quantitative estimate of drug-likeness (QED) is 0.0213. The van der Waals surface area contributed by atoms with Crippen molar-refractivity contribution >= 4 is 29.8 Å². The number of esters is 5. The molecule has 0 bridgehead atoms. The standard InChI is InChI=1S/C63H84F13NO17/c1-3-4-5-6-36-93-56(83)57(22-23-57)43-49(54(81)92-40-24-58(64,65)59(66,67)60(68,69)61(70,71)62(72,73)63(74,75)76)42-48(53(80)91-39-13-37-89-50-20-16-47(17-21-50)55(82)94-51-18-14-46(44-77)15-19-51)41-45(2)52(79)90-38-12-35-88-34-11-33-87-32-10-31-86-30-9-29-85-28-8-27-84-26-7-25-78/h14-21,45,48-49,78H,3-13,22-43H2,1-2H3. The number of rotatable bonds is 52. The van der Waals surface area contributed by atoms with Crippen LogP contribution >= 0.6 is 0 Å². The van der Waals surface area contributed by atoms with E-state index in [1.54, 1.807) is 0 Å². The molecule has 1 aliphatic rings. The van der Waals surface area contributed by atoms with E-state index >= 15 is 0 Å². The molecule has 0 aromatic heterocycles. The molecule has 1 saturated carbocycles. The SMILES string of the molecule is CCCCCCOC(=O)C1(CC(CC(CC(C)C(=O)OCCCOCCCOCCCOCCCOCCCOCCCO)C(=O)OCCCOc2ccc(C(=O)Oc3ccc(C#N)cc3)cc2)C(=O)OCCC(F)(F)C(F)(F)C(F)(F)C(F)(F)C(F)(F)C(F)(F)F)CC1. The number of hydrogen-bond donors (Lipinski definition) is 1. The molecule has 3 unspecified atom stereocenters.